The van der Waals surface area contributed by atoms with Gasteiger partial charge in [0.15, 0.2) is 0 Å². The molecule has 0 fully saturated rings. The van der Waals surface area contributed by atoms with E-state index in [-0.39, 0.29) is 31.0 Å². The van der Waals surface area contributed by atoms with E-state index in [2.05, 4.69) is 9.98 Å². The minimum Gasteiger partial charge on any atom is -0.872 e. The standard InChI is InChI=1S/C20H16N2O2.Zn/c23-19-11-5-1-7-15(19)13-21-17-9-3-4-10-18(17)22-14-16-8-2-6-12-20(16)24;/h1-14,23-24H;/q;+2/p-2. The Bertz CT molecular complexity index is 833. The average Bonchev–Trinajstić information content (AvgIpc) is 2.61. The zero-order chi connectivity index (χ0) is 16.8. The van der Waals surface area contributed by atoms with Crippen molar-refractivity contribution in [1.29, 1.82) is 0 Å². The number of hydrogen-bond acceptors (Lipinski definition) is 4. The monoisotopic (exact) mass is 378 g/mol. The van der Waals surface area contributed by atoms with Gasteiger partial charge in [-0.3, -0.25) is 9.98 Å². The van der Waals surface area contributed by atoms with E-state index in [1.54, 1.807) is 48.5 Å². The summed E-state index contributed by atoms with van der Waals surface area (Å²) in [4.78, 5) is 8.71. The first kappa shape index (κ1) is 18.6. The van der Waals surface area contributed by atoms with Gasteiger partial charge in [-0.25, -0.2) is 0 Å². The zero-order valence-electron chi connectivity index (χ0n) is 13.5. The Morgan fingerprint density at radius 3 is 1.32 bits per heavy atom. The maximum absolute atomic E-state index is 11.7. The molecule has 0 heterocycles. The molecule has 4 nitrogen and oxygen atoms in total. The first-order chi connectivity index (χ1) is 11.7. The predicted molar refractivity (Wildman–Crippen MR) is 92.7 cm³/mol. The van der Waals surface area contributed by atoms with Gasteiger partial charge >= 0.3 is 19.5 Å². The molecule has 3 aromatic rings. The fraction of sp³-hybridized carbons (Fsp3) is 0. The molecule has 3 aromatic carbocycles. The largest absolute Gasteiger partial charge is 2.00 e. The van der Waals surface area contributed by atoms with Gasteiger partial charge < -0.3 is 10.2 Å². The summed E-state index contributed by atoms with van der Waals surface area (Å²) in [6.07, 6.45) is 3.05. The second-order valence-electron chi connectivity index (χ2n) is 5.08. The first-order valence-corrected chi connectivity index (χ1v) is 7.43. The number of aliphatic imine (C=N–C) groups is 2. The molecule has 0 radical (unpaired) electrons. The van der Waals surface area contributed by atoms with Gasteiger partial charge in [-0.1, -0.05) is 60.7 Å². The van der Waals surface area contributed by atoms with Gasteiger partial charge in [-0.2, -0.15) is 0 Å². The minimum atomic E-state index is -0.0810. The van der Waals surface area contributed by atoms with Crippen LogP contribution in [0.1, 0.15) is 11.1 Å². The fourth-order valence-corrected chi connectivity index (χ4v) is 2.14. The van der Waals surface area contributed by atoms with Crippen molar-refractivity contribution < 1.29 is 29.7 Å². The Hall–Kier alpha value is -2.78. The van der Waals surface area contributed by atoms with Crippen LogP contribution in [0.4, 0.5) is 11.4 Å². The number of hydrogen-bond donors (Lipinski definition) is 0. The number of nitrogens with zero attached hydrogens (tertiary/aromatic N) is 2. The number of para-hydroxylation sites is 4. The summed E-state index contributed by atoms with van der Waals surface area (Å²) in [5, 5.41) is 23.4. The van der Waals surface area contributed by atoms with Crippen LogP contribution in [0.2, 0.25) is 0 Å². The van der Waals surface area contributed by atoms with E-state index in [1.165, 1.54) is 24.6 Å². The minimum absolute atomic E-state index is 0. The van der Waals surface area contributed by atoms with Crippen molar-refractivity contribution in [3.8, 4) is 11.5 Å². The Labute approximate surface area is 159 Å². The van der Waals surface area contributed by atoms with E-state index in [0.717, 1.165) is 0 Å². The predicted octanol–water partition coefficient (Wildman–Crippen LogP) is 3.33. The summed E-state index contributed by atoms with van der Waals surface area (Å²) in [5.74, 6) is -0.162. The molecule has 0 aliphatic rings. The van der Waals surface area contributed by atoms with Crippen LogP contribution in [-0.2, 0) is 19.5 Å². The van der Waals surface area contributed by atoms with Gasteiger partial charge in [-0.05, 0) is 23.3 Å². The van der Waals surface area contributed by atoms with Crippen LogP contribution in [0, 0.1) is 0 Å². The van der Waals surface area contributed by atoms with Crippen molar-refractivity contribution in [3.05, 3.63) is 83.9 Å². The van der Waals surface area contributed by atoms with Crippen molar-refractivity contribution in [2.45, 2.75) is 0 Å². The molecule has 0 saturated carbocycles. The van der Waals surface area contributed by atoms with E-state index in [1.807, 2.05) is 12.1 Å². The zero-order valence-corrected chi connectivity index (χ0v) is 16.5. The Kier molecular flexibility index (Phi) is 6.61. The summed E-state index contributed by atoms with van der Waals surface area (Å²) >= 11 is 0. The van der Waals surface area contributed by atoms with Crippen molar-refractivity contribution in [1.82, 2.24) is 0 Å². The molecule has 0 saturated heterocycles. The molecule has 5 heteroatoms. The van der Waals surface area contributed by atoms with Crippen molar-refractivity contribution in [2.75, 3.05) is 0 Å². The van der Waals surface area contributed by atoms with Crippen LogP contribution in [0.5, 0.6) is 11.5 Å². The number of benzene rings is 3. The third-order valence-corrected chi connectivity index (χ3v) is 3.41. The smallest absolute Gasteiger partial charge is 0.872 e. The van der Waals surface area contributed by atoms with E-state index in [4.69, 9.17) is 0 Å². The topological polar surface area (TPSA) is 70.8 Å². The maximum atomic E-state index is 11.7. The van der Waals surface area contributed by atoms with Gasteiger partial charge in [-0.15, -0.1) is 11.5 Å². The van der Waals surface area contributed by atoms with Crippen LogP contribution in [0.3, 0.4) is 0 Å². The molecule has 25 heavy (non-hydrogen) atoms. The third-order valence-electron chi connectivity index (χ3n) is 3.41. The molecular weight excluding hydrogens is 366 g/mol. The molecule has 0 bridgehead atoms. The van der Waals surface area contributed by atoms with Gasteiger partial charge in [0, 0.05) is 12.4 Å². The molecule has 0 N–H and O–H groups in total. The molecule has 0 spiro atoms. The SMILES string of the molecule is [O-]c1ccccc1C=Nc1ccccc1N=Cc1ccccc1[O-].[Zn+2]. The Balaban J connectivity index is 0.00000225. The van der Waals surface area contributed by atoms with Crippen LogP contribution in [0.15, 0.2) is 82.8 Å². The fourth-order valence-electron chi connectivity index (χ4n) is 2.14. The molecule has 0 amide bonds. The molecule has 0 aromatic heterocycles. The average molecular weight is 380 g/mol. The van der Waals surface area contributed by atoms with Crippen LogP contribution in [0.25, 0.3) is 0 Å². The van der Waals surface area contributed by atoms with E-state index < -0.39 is 0 Å². The van der Waals surface area contributed by atoms with Crippen molar-refractivity contribution in [3.63, 3.8) is 0 Å². The number of rotatable bonds is 4. The van der Waals surface area contributed by atoms with Gasteiger partial charge in [0.25, 0.3) is 0 Å². The molecule has 0 unspecified atom stereocenters. The summed E-state index contributed by atoms with van der Waals surface area (Å²) in [7, 11) is 0. The van der Waals surface area contributed by atoms with Gasteiger partial charge in [0.05, 0.1) is 11.4 Å². The molecule has 118 valence electrons. The Morgan fingerprint density at radius 1 is 0.560 bits per heavy atom. The van der Waals surface area contributed by atoms with E-state index in [0.29, 0.717) is 22.5 Å². The summed E-state index contributed by atoms with van der Waals surface area (Å²) < 4.78 is 0. The molecule has 3 rings (SSSR count). The quantitative estimate of drug-likeness (QED) is 0.515. The van der Waals surface area contributed by atoms with Crippen molar-refractivity contribution in [2.24, 2.45) is 9.98 Å². The van der Waals surface area contributed by atoms with Crippen LogP contribution in [-0.4, -0.2) is 12.4 Å². The van der Waals surface area contributed by atoms with Gasteiger partial charge in [0.1, 0.15) is 0 Å². The third kappa shape index (κ3) is 4.85. The van der Waals surface area contributed by atoms with Crippen LogP contribution >= 0.6 is 0 Å². The second kappa shape index (κ2) is 8.90. The van der Waals surface area contributed by atoms with Crippen molar-refractivity contribution >= 4 is 23.8 Å². The summed E-state index contributed by atoms with van der Waals surface area (Å²) in [5.41, 5.74) is 2.28. The van der Waals surface area contributed by atoms with E-state index in [9.17, 15) is 10.2 Å². The van der Waals surface area contributed by atoms with Crippen LogP contribution < -0.4 is 10.2 Å². The summed E-state index contributed by atoms with van der Waals surface area (Å²) in [6.45, 7) is 0. The molecule has 0 aliphatic carbocycles. The maximum Gasteiger partial charge on any atom is 2.00 e. The molecule has 0 atom stereocenters. The Morgan fingerprint density at radius 2 is 0.920 bits per heavy atom. The van der Waals surface area contributed by atoms with Gasteiger partial charge in [0.2, 0.25) is 0 Å². The molecular formula is C20H14N2O2Zn. The second-order valence-corrected chi connectivity index (χ2v) is 5.08. The summed E-state index contributed by atoms with van der Waals surface area (Å²) in [6, 6.07) is 20.7. The normalized spacial score (nSPS) is 10.9. The molecule has 0 aliphatic heterocycles. The van der Waals surface area contributed by atoms with E-state index >= 15 is 0 Å². The first-order valence-electron chi connectivity index (χ1n) is 7.43.